The van der Waals surface area contributed by atoms with Gasteiger partial charge in [0.05, 0.1) is 17.1 Å². The molecule has 5 heteroatoms. The van der Waals surface area contributed by atoms with Crippen LogP contribution in [0.5, 0.6) is 5.75 Å². The number of rotatable bonds is 3. The fourth-order valence-corrected chi connectivity index (χ4v) is 2.01. The van der Waals surface area contributed by atoms with Crippen LogP contribution in [-0.2, 0) is 6.61 Å². The third-order valence-electron chi connectivity index (χ3n) is 2.67. The summed E-state index contributed by atoms with van der Waals surface area (Å²) < 4.78 is 19.1. The molecule has 0 aliphatic rings. The van der Waals surface area contributed by atoms with Crippen LogP contribution in [-0.4, -0.2) is 6.54 Å². The molecule has 0 saturated heterocycles. The minimum Gasteiger partial charge on any atom is -0.487 e. The Balaban J connectivity index is 2.15. The molecule has 0 unspecified atom stereocenters. The summed E-state index contributed by atoms with van der Waals surface area (Å²) >= 11 is 11.9. The van der Waals surface area contributed by atoms with E-state index in [0.717, 1.165) is 5.56 Å². The Bertz CT molecular complexity index is 707. The molecule has 0 aliphatic carbocycles. The summed E-state index contributed by atoms with van der Waals surface area (Å²) in [7, 11) is 0. The molecule has 108 valence electrons. The minimum atomic E-state index is -0.388. The normalized spacial score (nSPS) is 9.90. The Kier molecular flexibility index (Phi) is 5.46. The van der Waals surface area contributed by atoms with Crippen molar-refractivity contribution in [1.82, 2.24) is 0 Å². The predicted octanol–water partition coefficient (Wildman–Crippen LogP) is 4.02. The Labute approximate surface area is 132 Å². The molecular weight excluding hydrogens is 312 g/mol. The second-order valence-electron chi connectivity index (χ2n) is 4.16. The fraction of sp³-hybridized carbons (Fsp3) is 0.125. The van der Waals surface area contributed by atoms with Gasteiger partial charge in [-0.25, -0.2) is 4.39 Å². The molecule has 0 saturated carbocycles. The van der Waals surface area contributed by atoms with E-state index in [0.29, 0.717) is 21.4 Å². The van der Waals surface area contributed by atoms with Gasteiger partial charge in [0.1, 0.15) is 23.2 Å². The smallest absolute Gasteiger partial charge is 0.139 e. The zero-order chi connectivity index (χ0) is 15.2. The van der Waals surface area contributed by atoms with Gasteiger partial charge in [-0.3, -0.25) is 0 Å². The van der Waals surface area contributed by atoms with Crippen LogP contribution in [0.25, 0.3) is 0 Å². The highest BCUT2D eigenvalue weighted by atomic mass is 35.5. The van der Waals surface area contributed by atoms with Gasteiger partial charge in [-0.15, -0.1) is 0 Å². The second kappa shape index (κ2) is 7.33. The summed E-state index contributed by atoms with van der Waals surface area (Å²) in [6.45, 7) is 0.413. The summed E-state index contributed by atoms with van der Waals surface area (Å²) in [6, 6.07) is 9.73. The largest absolute Gasteiger partial charge is 0.487 e. The lowest BCUT2D eigenvalue weighted by molar-refractivity contribution is 0.306. The van der Waals surface area contributed by atoms with Crippen molar-refractivity contribution in [2.75, 3.05) is 6.54 Å². The SMILES string of the molecule is NCC#Cc1cc(COc2cccc(Cl)c2Cl)ccc1F. The molecule has 2 aromatic rings. The highest BCUT2D eigenvalue weighted by molar-refractivity contribution is 6.42. The molecule has 0 atom stereocenters. The molecule has 0 fully saturated rings. The summed E-state index contributed by atoms with van der Waals surface area (Å²) in [4.78, 5) is 0. The van der Waals surface area contributed by atoms with Gasteiger partial charge in [-0.05, 0) is 29.8 Å². The summed E-state index contributed by atoms with van der Waals surface area (Å²) in [5, 5.41) is 0.771. The lowest BCUT2D eigenvalue weighted by Gasteiger charge is -2.09. The van der Waals surface area contributed by atoms with E-state index in [-0.39, 0.29) is 19.0 Å². The van der Waals surface area contributed by atoms with E-state index in [9.17, 15) is 4.39 Å². The average molecular weight is 324 g/mol. The van der Waals surface area contributed by atoms with Gasteiger partial charge in [0.2, 0.25) is 0 Å². The maximum atomic E-state index is 13.6. The lowest BCUT2D eigenvalue weighted by atomic mass is 10.1. The van der Waals surface area contributed by atoms with E-state index in [1.165, 1.54) is 6.07 Å². The van der Waals surface area contributed by atoms with Crippen LogP contribution in [0.15, 0.2) is 36.4 Å². The molecule has 0 aliphatic heterocycles. The molecule has 0 aromatic heterocycles. The van der Waals surface area contributed by atoms with Crippen LogP contribution in [0.2, 0.25) is 10.0 Å². The van der Waals surface area contributed by atoms with Crippen molar-refractivity contribution in [2.45, 2.75) is 6.61 Å². The molecule has 0 heterocycles. The van der Waals surface area contributed by atoms with Crippen molar-refractivity contribution in [3.8, 4) is 17.6 Å². The molecule has 2 rings (SSSR count). The number of hydrogen-bond donors (Lipinski definition) is 1. The highest BCUT2D eigenvalue weighted by Crippen LogP contribution is 2.31. The quantitative estimate of drug-likeness (QED) is 0.866. The van der Waals surface area contributed by atoms with E-state index < -0.39 is 0 Å². The second-order valence-corrected chi connectivity index (χ2v) is 4.95. The zero-order valence-electron chi connectivity index (χ0n) is 11.0. The van der Waals surface area contributed by atoms with Gasteiger partial charge >= 0.3 is 0 Å². The van der Waals surface area contributed by atoms with Crippen LogP contribution in [0.1, 0.15) is 11.1 Å². The molecule has 0 spiro atoms. The van der Waals surface area contributed by atoms with E-state index in [4.69, 9.17) is 33.7 Å². The van der Waals surface area contributed by atoms with Crippen LogP contribution in [0.4, 0.5) is 4.39 Å². The topological polar surface area (TPSA) is 35.2 Å². The Morgan fingerprint density at radius 2 is 2.00 bits per heavy atom. The van der Waals surface area contributed by atoms with E-state index in [2.05, 4.69) is 11.8 Å². The standard InChI is InChI=1S/C16H12Cl2FNO/c17-13-4-1-5-15(16(13)18)21-10-11-6-7-14(19)12(9-11)3-2-8-20/h1,4-7,9H,8,10,20H2. The molecule has 0 bridgehead atoms. The number of benzene rings is 2. The van der Waals surface area contributed by atoms with Crippen LogP contribution < -0.4 is 10.5 Å². The third-order valence-corrected chi connectivity index (χ3v) is 3.47. The Morgan fingerprint density at radius 3 is 2.76 bits per heavy atom. The molecule has 0 amide bonds. The molecule has 21 heavy (non-hydrogen) atoms. The number of halogens is 3. The third kappa shape index (κ3) is 4.12. The Morgan fingerprint density at radius 1 is 1.19 bits per heavy atom. The minimum absolute atomic E-state index is 0.179. The molecule has 0 radical (unpaired) electrons. The molecular formula is C16H12Cl2FNO. The summed E-state index contributed by atoms with van der Waals surface area (Å²) in [6.07, 6.45) is 0. The first-order valence-electron chi connectivity index (χ1n) is 6.16. The summed E-state index contributed by atoms with van der Waals surface area (Å²) in [5.74, 6) is 5.39. The van der Waals surface area contributed by atoms with Gasteiger partial charge < -0.3 is 10.5 Å². The van der Waals surface area contributed by atoms with Crippen LogP contribution in [0.3, 0.4) is 0 Å². The number of hydrogen-bond acceptors (Lipinski definition) is 2. The van der Waals surface area contributed by atoms with Crippen molar-refractivity contribution in [1.29, 1.82) is 0 Å². The number of ether oxygens (including phenoxy) is 1. The van der Waals surface area contributed by atoms with E-state index in [1.807, 2.05) is 0 Å². The van der Waals surface area contributed by atoms with Crippen molar-refractivity contribution in [3.63, 3.8) is 0 Å². The van der Waals surface area contributed by atoms with E-state index in [1.54, 1.807) is 30.3 Å². The van der Waals surface area contributed by atoms with Gasteiger partial charge in [-0.2, -0.15) is 0 Å². The van der Waals surface area contributed by atoms with Crippen molar-refractivity contribution in [3.05, 3.63) is 63.4 Å². The van der Waals surface area contributed by atoms with Gasteiger partial charge in [0, 0.05) is 0 Å². The first kappa shape index (κ1) is 15.7. The van der Waals surface area contributed by atoms with Crippen LogP contribution >= 0.6 is 23.2 Å². The number of nitrogens with two attached hydrogens (primary N) is 1. The van der Waals surface area contributed by atoms with Gasteiger partial charge in [-0.1, -0.05) is 47.2 Å². The van der Waals surface area contributed by atoms with Gasteiger partial charge in [0.25, 0.3) is 0 Å². The summed E-state index contributed by atoms with van der Waals surface area (Å²) in [5.41, 5.74) is 6.34. The molecule has 2 nitrogen and oxygen atoms in total. The fourth-order valence-electron chi connectivity index (χ4n) is 1.66. The van der Waals surface area contributed by atoms with Crippen molar-refractivity contribution >= 4 is 23.2 Å². The maximum Gasteiger partial charge on any atom is 0.139 e. The van der Waals surface area contributed by atoms with Crippen molar-refractivity contribution < 1.29 is 9.13 Å². The highest BCUT2D eigenvalue weighted by Gasteiger charge is 2.07. The van der Waals surface area contributed by atoms with Crippen LogP contribution in [0, 0.1) is 17.7 Å². The average Bonchev–Trinajstić information content (AvgIpc) is 2.49. The first-order chi connectivity index (χ1) is 10.1. The Hall–Kier alpha value is -1.73. The van der Waals surface area contributed by atoms with Crippen molar-refractivity contribution in [2.24, 2.45) is 5.73 Å². The lowest BCUT2D eigenvalue weighted by Crippen LogP contribution is -1.98. The molecule has 2 N–H and O–H groups in total. The van der Waals surface area contributed by atoms with Gasteiger partial charge in [0.15, 0.2) is 0 Å². The first-order valence-corrected chi connectivity index (χ1v) is 6.91. The maximum absolute atomic E-state index is 13.6. The van der Waals surface area contributed by atoms with E-state index >= 15 is 0 Å². The monoisotopic (exact) mass is 323 g/mol. The molecule has 2 aromatic carbocycles. The zero-order valence-corrected chi connectivity index (χ0v) is 12.5. The predicted molar refractivity (Wildman–Crippen MR) is 83.1 cm³/mol.